The Morgan fingerprint density at radius 3 is 2.38 bits per heavy atom. The van der Waals surface area contributed by atoms with Gasteiger partial charge in [-0.1, -0.05) is 34.6 Å². The first-order valence-electron chi connectivity index (χ1n) is 6.29. The first-order valence-corrected chi connectivity index (χ1v) is 6.29. The zero-order chi connectivity index (χ0) is 12.3. The lowest BCUT2D eigenvalue weighted by Crippen LogP contribution is -2.32. The second kappa shape index (κ2) is 5.13. The fourth-order valence-corrected chi connectivity index (χ4v) is 1.57. The van der Waals surface area contributed by atoms with Crippen LogP contribution in [0, 0.1) is 11.3 Å². The van der Waals surface area contributed by atoms with Crippen LogP contribution in [-0.4, -0.2) is 18.3 Å². The molecule has 1 unspecified atom stereocenters. The Balaban J connectivity index is 2.35. The minimum absolute atomic E-state index is 0.210. The van der Waals surface area contributed by atoms with Crippen LogP contribution in [0.4, 0.5) is 0 Å². The van der Waals surface area contributed by atoms with Crippen LogP contribution in [0.1, 0.15) is 48.0 Å². The van der Waals surface area contributed by atoms with Crippen LogP contribution < -0.4 is 5.32 Å². The van der Waals surface area contributed by atoms with Crippen molar-refractivity contribution in [3.8, 4) is 0 Å². The summed E-state index contributed by atoms with van der Waals surface area (Å²) in [5.74, 6) is 0.685. The van der Waals surface area contributed by atoms with E-state index in [0.717, 1.165) is 13.0 Å². The molecule has 0 radical (unpaired) electrons. The lowest BCUT2D eigenvalue weighted by atomic mass is 9.87. The first-order chi connectivity index (χ1) is 7.30. The molecule has 2 nitrogen and oxygen atoms in total. The van der Waals surface area contributed by atoms with Crippen LogP contribution in [0.25, 0.3) is 0 Å². The SMILES string of the molecule is CC(C)C(C)NCC1=CN=C(C(C)(C)C)C1. The fourth-order valence-electron chi connectivity index (χ4n) is 1.57. The number of aliphatic imine (C=N–C) groups is 1. The molecule has 1 aliphatic heterocycles. The van der Waals surface area contributed by atoms with Gasteiger partial charge < -0.3 is 5.32 Å². The molecule has 0 saturated heterocycles. The van der Waals surface area contributed by atoms with Gasteiger partial charge >= 0.3 is 0 Å². The number of hydrogen-bond acceptors (Lipinski definition) is 2. The molecule has 0 aromatic heterocycles. The Bertz CT molecular complexity index is 292. The van der Waals surface area contributed by atoms with Crippen LogP contribution in [0.2, 0.25) is 0 Å². The van der Waals surface area contributed by atoms with E-state index in [4.69, 9.17) is 0 Å². The van der Waals surface area contributed by atoms with Crippen LogP contribution in [0.5, 0.6) is 0 Å². The van der Waals surface area contributed by atoms with E-state index in [1.165, 1.54) is 11.3 Å². The highest BCUT2D eigenvalue weighted by Gasteiger charge is 2.22. The second-order valence-corrected chi connectivity index (χ2v) is 6.20. The average molecular weight is 222 g/mol. The molecular weight excluding hydrogens is 196 g/mol. The van der Waals surface area contributed by atoms with Crippen LogP contribution in [0.15, 0.2) is 16.8 Å². The van der Waals surface area contributed by atoms with E-state index < -0.39 is 0 Å². The van der Waals surface area contributed by atoms with Gasteiger partial charge in [0, 0.05) is 36.3 Å². The van der Waals surface area contributed by atoms with Crippen molar-refractivity contribution in [2.45, 2.75) is 54.0 Å². The molecule has 1 atom stereocenters. The predicted molar refractivity (Wildman–Crippen MR) is 71.9 cm³/mol. The zero-order valence-corrected chi connectivity index (χ0v) is 11.6. The smallest absolute Gasteiger partial charge is 0.0276 e. The van der Waals surface area contributed by atoms with E-state index >= 15 is 0 Å². The molecule has 1 aliphatic rings. The van der Waals surface area contributed by atoms with Gasteiger partial charge in [-0.15, -0.1) is 0 Å². The van der Waals surface area contributed by atoms with Gasteiger partial charge in [0.1, 0.15) is 0 Å². The molecule has 0 aliphatic carbocycles. The number of rotatable bonds is 4. The summed E-state index contributed by atoms with van der Waals surface area (Å²) >= 11 is 0. The number of nitrogens with one attached hydrogen (secondary N) is 1. The van der Waals surface area contributed by atoms with Gasteiger partial charge in [-0.05, 0) is 18.4 Å². The van der Waals surface area contributed by atoms with Gasteiger partial charge in [-0.3, -0.25) is 4.99 Å². The third kappa shape index (κ3) is 3.75. The van der Waals surface area contributed by atoms with Gasteiger partial charge in [0.2, 0.25) is 0 Å². The standard InChI is InChI=1S/C14H26N2/c1-10(2)11(3)15-8-12-7-13(16-9-12)14(4,5)6/h9-11,15H,7-8H2,1-6H3. The lowest BCUT2D eigenvalue weighted by molar-refractivity contribution is 0.440. The molecule has 0 fully saturated rings. The molecule has 0 bridgehead atoms. The molecule has 2 heteroatoms. The maximum Gasteiger partial charge on any atom is 0.0276 e. The number of hydrogen-bond donors (Lipinski definition) is 1. The van der Waals surface area contributed by atoms with Crippen molar-refractivity contribution < 1.29 is 0 Å². The largest absolute Gasteiger partial charge is 0.310 e. The first kappa shape index (κ1) is 13.4. The Labute approximate surface area is 100 Å². The molecule has 16 heavy (non-hydrogen) atoms. The van der Waals surface area contributed by atoms with Crippen molar-refractivity contribution in [3.63, 3.8) is 0 Å². The number of nitrogens with zero attached hydrogens (tertiary/aromatic N) is 1. The van der Waals surface area contributed by atoms with Gasteiger partial charge in [0.25, 0.3) is 0 Å². The third-order valence-electron chi connectivity index (χ3n) is 3.31. The normalized spacial score (nSPS) is 18.7. The highest BCUT2D eigenvalue weighted by molar-refractivity contribution is 5.93. The highest BCUT2D eigenvalue weighted by atomic mass is 14.9. The Kier molecular flexibility index (Phi) is 4.31. The monoisotopic (exact) mass is 222 g/mol. The lowest BCUT2D eigenvalue weighted by Gasteiger charge is -2.20. The van der Waals surface area contributed by atoms with Crippen LogP contribution >= 0.6 is 0 Å². The van der Waals surface area contributed by atoms with Gasteiger partial charge in [0.15, 0.2) is 0 Å². The van der Waals surface area contributed by atoms with Crippen molar-refractivity contribution in [2.75, 3.05) is 6.54 Å². The maximum atomic E-state index is 4.53. The highest BCUT2D eigenvalue weighted by Crippen LogP contribution is 2.25. The summed E-state index contributed by atoms with van der Waals surface area (Å²) in [6.45, 7) is 14.4. The summed E-state index contributed by atoms with van der Waals surface area (Å²) in [6.07, 6.45) is 3.09. The van der Waals surface area contributed by atoms with Crippen molar-refractivity contribution >= 4 is 5.71 Å². The van der Waals surface area contributed by atoms with E-state index in [1.54, 1.807) is 0 Å². The van der Waals surface area contributed by atoms with Crippen molar-refractivity contribution in [2.24, 2.45) is 16.3 Å². The predicted octanol–water partition coefficient (Wildman–Crippen LogP) is 3.40. The van der Waals surface area contributed by atoms with Gasteiger partial charge in [-0.2, -0.15) is 0 Å². The van der Waals surface area contributed by atoms with E-state index in [0.29, 0.717) is 12.0 Å². The Hall–Kier alpha value is -0.630. The van der Waals surface area contributed by atoms with Crippen LogP contribution in [0.3, 0.4) is 0 Å². The Morgan fingerprint density at radius 1 is 1.31 bits per heavy atom. The van der Waals surface area contributed by atoms with Crippen molar-refractivity contribution in [1.82, 2.24) is 5.32 Å². The molecular formula is C14H26N2. The van der Waals surface area contributed by atoms with E-state index in [-0.39, 0.29) is 5.41 Å². The third-order valence-corrected chi connectivity index (χ3v) is 3.31. The molecule has 1 rings (SSSR count). The molecule has 0 aromatic carbocycles. The summed E-state index contributed by atoms with van der Waals surface area (Å²) in [4.78, 5) is 4.53. The van der Waals surface area contributed by atoms with E-state index in [9.17, 15) is 0 Å². The molecule has 1 heterocycles. The van der Waals surface area contributed by atoms with E-state index in [2.05, 4.69) is 51.9 Å². The van der Waals surface area contributed by atoms with Gasteiger partial charge in [-0.25, -0.2) is 0 Å². The van der Waals surface area contributed by atoms with E-state index in [1.807, 2.05) is 6.20 Å². The summed E-state index contributed by atoms with van der Waals surface area (Å²) in [5.41, 5.74) is 2.93. The van der Waals surface area contributed by atoms with Crippen LogP contribution in [-0.2, 0) is 0 Å². The minimum Gasteiger partial charge on any atom is -0.310 e. The summed E-state index contributed by atoms with van der Waals surface area (Å²) in [7, 11) is 0. The molecule has 0 saturated carbocycles. The quantitative estimate of drug-likeness (QED) is 0.774. The van der Waals surface area contributed by atoms with Gasteiger partial charge in [0.05, 0.1) is 0 Å². The second-order valence-electron chi connectivity index (χ2n) is 6.20. The topological polar surface area (TPSA) is 24.4 Å². The average Bonchev–Trinajstić information content (AvgIpc) is 2.61. The molecule has 0 amide bonds. The minimum atomic E-state index is 0.210. The van der Waals surface area contributed by atoms with Crippen molar-refractivity contribution in [1.29, 1.82) is 0 Å². The fraction of sp³-hybridized carbons (Fsp3) is 0.786. The summed E-state index contributed by atoms with van der Waals surface area (Å²) in [5, 5.41) is 3.55. The van der Waals surface area contributed by atoms with Crippen molar-refractivity contribution in [3.05, 3.63) is 11.8 Å². The summed E-state index contributed by atoms with van der Waals surface area (Å²) in [6, 6.07) is 0.569. The molecule has 0 aromatic rings. The maximum absolute atomic E-state index is 4.53. The molecule has 0 spiro atoms. The summed E-state index contributed by atoms with van der Waals surface area (Å²) < 4.78 is 0. The Morgan fingerprint density at radius 2 is 1.94 bits per heavy atom. The molecule has 1 N–H and O–H groups in total. The zero-order valence-electron chi connectivity index (χ0n) is 11.6. The molecule has 92 valence electrons.